The second kappa shape index (κ2) is 32.5. The van der Waals surface area contributed by atoms with Crippen LogP contribution in [0.3, 0.4) is 0 Å². The maximum atomic E-state index is 5.09. The van der Waals surface area contributed by atoms with Crippen LogP contribution < -0.4 is 0 Å². The zero-order valence-electron chi connectivity index (χ0n) is 70.4. The number of fused-ring (bicyclic) bond motifs is 12. The van der Waals surface area contributed by atoms with Gasteiger partial charge in [0, 0.05) is 116 Å². The molecule has 0 aliphatic heterocycles. The molecule has 7 aromatic heterocycles. The normalized spacial score (nSPS) is 11.5. The molecule has 0 radical (unpaired) electrons. The quantitative estimate of drug-likeness (QED) is 0.101. The van der Waals surface area contributed by atoms with E-state index < -0.39 is 0 Å². The van der Waals surface area contributed by atoms with Gasteiger partial charge in [0.15, 0.2) is 29.1 Å². The van der Waals surface area contributed by atoms with Gasteiger partial charge in [-0.2, -0.15) is 0 Å². The Hall–Kier alpha value is -17.7. The van der Waals surface area contributed by atoms with Crippen LogP contribution >= 0.6 is 0 Å². The van der Waals surface area contributed by atoms with E-state index in [1.54, 1.807) is 0 Å². The fraction of sp³-hybridized carbons (Fsp3) is 0. The lowest BCUT2D eigenvalue weighted by atomic mass is 10.0. The smallest absolute Gasteiger partial charge is 0.164 e. The van der Waals surface area contributed by atoms with E-state index in [1.165, 1.54) is 76.4 Å². The largest absolute Gasteiger partial charge is 0.309 e. The van der Waals surface area contributed by atoms with Gasteiger partial charge in [0.1, 0.15) is 0 Å². The fourth-order valence-corrected chi connectivity index (χ4v) is 18.7. The molecule has 0 saturated carbocycles. The van der Waals surface area contributed by atoms with Crippen LogP contribution in [0.1, 0.15) is 0 Å². The molecule has 0 fully saturated rings. The third kappa shape index (κ3) is 13.9. The molecule has 0 unspecified atom stereocenters. The predicted molar refractivity (Wildman–Crippen MR) is 535 cm³/mol. The standard InChI is InChI=1S/C68H44N6.C51H33N5/c1-5-17-45(18-6-1)59-43-61(71-67(69-59)49-21-9-3-10-22-49)47-29-35-53(36-30-47)73-63-27-15-13-25-55(63)57-41-51(33-39-65(57)73)52-34-40-66-58(42-52)56-26-14-16-28-64(56)74(66)54-37-31-48(32-38-54)62-44-60(46-19-7-2-8-20-46)70-68(72-62)50-23-11-4-12-24-50;1-4-14-34(15-5-1)49-52-50(35-16-6-2-7-17-35)54-51(53-49)36-24-28-40(29-25-36)56-46-23-13-11-21-42(46)44-33-38(27-31-48(44)56)37-26-30-47-43(32-37)41-20-10-12-22-45(41)55(47)39-18-8-3-9-19-39/h1-44H;1-33H. The van der Waals surface area contributed by atoms with Crippen molar-refractivity contribution in [3.05, 3.63) is 467 Å². The summed E-state index contributed by atoms with van der Waals surface area (Å²) in [6, 6.07) is 164. The first-order valence-electron chi connectivity index (χ1n) is 43.8. The molecule has 11 nitrogen and oxygen atoms in total. The summed E-state index contributed by atoms with van der Waals surface area (Å²) in [4.78, 5) is 35.0. The first-order chi connectivity index (χ1) is 64.4. The molecule has 25 rings (SSSR count). The van der Waals surface area contributed by atoms with E-state index in [9.17, 15) is 0 Å². The van der Waals surface area contributed by atoms with Crippen LogP contribution in [-0.4, -0.2) is 53.2 Å². The van der Waals surface area contributed by atoms with Gasteiger partial charge in [0.05, 0.1) is 66.9 Å². The second-order valence-corrected chi connectivity index (χ2v) is 32.7. The Bertz CT molecular complexity index is 8130. The van der Waals surface area contributed by atoms with Crippen LogP contribution in [-0.2, 0) is 0 Å². The predicted octanol–water partition coefficient (Wildman–Crippen LogP) is 29.9. The number of hydrogen-bond donors (Lipinski definition) is 0. The highest BCUT2D eigenvalue weighted by molar-refractivity contribution is 6.15. The lowest BCUT2D eigenvalue weighted by Crippen LogP contribution is -2.00. The number of para-hydroxylation sites is 5. The maximum Gasteiger partial charge on any atom is 0.164 e. The van der Waals surface area contributed by atoms with E-state index in [4.69, 9.17) is 34.9 Å². The molecule has 25 aromatic rings. The Morgan fingerprint density at radius 2 is 0.292 bits per heavy atom. The molecule has 608 valence electrons. The monoisotopic (exact) mass is 1660 g/mol. The second-order valence-electron chi connectivity index (χ2n) is 32.7. The summed E-state index contributed by atoms with van der Waals surface area (Å²) in [6.07, 6.45) is 0. The highest BCUT2D eigenvalue weighted by Crippen LogP contribution is 2.44. The summed E-state index contributed by atoms with van der Waals surface area (Å²) in [7, 11) is 0. The van der Waals surface area contributed by atoms with Crippen molar-refractivity contribution in [2.45, 2.75) is 0 Å². The molecule has 0 N–H and O–H groups in total. The molecule has 11 heteroatoms. The van der Waals surface area contributed by atoms with Crippen molar-refractivity contribution in [1.82, 2.24) is 53.2 Å². The molecule has 0 amide bonds. The van der Waals surface area contributed by atoms with Crippen molar-refractivity contribution in [3.63, 3.8) is 0 Å². The number of hydrogen-bond acceptors (Lipinski definition) is 7. The van der Waals surface area contributed by atoms with Gasteiger partial charge in [-0.1, -0.05) is 322 Å². The molecular formula is C119H77N11. The number of aromatic nitrogens is 11. The Balaban J connectivity index is 0.000000150. The molecule has 18 aromatic carbocycles. The molecule has 0 aliphatic carbocycles. The Morgan fingerprint density at radius 3 is 0.554 bits per heavy atom. The lowest BCUT2D eigenvalue weighted by molar-refractivity contribution is 1.07. The van der Waals surface area contributed by atoms with E-state index >= 15 is 0 Å². The first kappa shape index (κ1) is 76.0. The van der Waals surface area contributed by atoms with Crippen LogP contribution in [0.2, 0.25) is 0 Å². The van der Waals surface area contributed by atoms with E-state index in [1.807, 2.05) is 133 Å². The van der Waals surface area contributed by atoms with Crippen LogP contribution in [0.25, 0.3) is 234 Å². The number of rotatable bonds is 15. The van der Waals surface area contributed by atoms with Gasteiger partial charge in [-0.15, -0.1) is 0 Å². The highest BCUT2D eigenvalue weighted by atomic mass is 15.0. The van der Waals surface area contributed by atoms with Gasteiger partial charge >= 0.3 is 0 Å². The van der Waals surface area contributed by atoms with Crippen LogP contribution in [0, 0.1) is 0 Å². The Labute approximate surface area is 749 Å². The van der Waals surface area contributed by atoms with E-state index in [0.29, 0.717) is 29.1 Å². The zero-order chi connectivity index (χ0) is 86.0. The van der Waals surface area contributed by atoms with Gasteiger partial charge in [0.25, 0.3) is 0 Å². The summed E-state index contributed by atoms with van der Waals surface area (Å²) in [5.74, 6) is 3.35. The van der Waals surface area contributed by atoms with Crippen molar-refractivity contribution in [2.24, 2.45) is 0 Å². The minimum atomic E-state index is 0.639. The number of nitrogens with zero attached hydrogens (tertiary/aromatic N) is 11. The minimum Gasteiger partial charge on any atom is -0.309 e. The third-order valence-electron chi connectivity index (χ3n) is 25.0. The Morgan fingerprint density at radius 1 is 0.115 bits per heavy atom. The summed E-state index contributed by atoms with van der Waals surface area (Å²) in [6.45, 7) is 0. The molecule has 0 aliphatic rings. The average molecular weight is 1660 g/mol. The molecule has 7 heterocycles. The average Bonchev–Trinajstić information content (AvgIpc) is 1.59. The Kier molecular flexibility index (Phi) is 19.0. The molecule has 0 saturated heterocycles. The molecule has 0 atom stereocenters. The lowest BCUT2D eigenvalue weighted by Gasteiger charge is -2.12. The van der Waals surface area contributed by atoms with Crippen molar-refractivity contribution < 1.29 is 0 Å². The van der Waals surface area contributed by atoms with Gasteiger partial charge in [0.2, 0.25) is 0 Å². The fourth-order valence-electron chi connectivity index (χ4n) is 18.7. The summed E-state index contributed by atoms with van der Waals surface area (Å²) in [5.41, 5.74) is 31.0. The van der Waals surface area contributed by atoms with Crippen molar-refractivity contribution in [1.29, 1.82) is 0 Å². The SMILES string of the molecule is c1ccc(-c2cc(-c3ccc(-n4c5ccccc5c5cc(-c6ccc7c(c6)c6ccccc6n7-c6ccc(-c7cc(-c8ccccc8)nc(-c8ccccc8)n7)cc6)ccc54)cc3)nc(-c3ccccc3)n2)cc1.c1ccc(-c2nc(-c3ccccc3)nc(-c3ccc(-n4c5ccccc5c5cc(-c6ccc7c(c6)c6ccccc6n7-c6ccccc6)ccc54)cc3)n2)cc1. The summed E-state index contributed by atoms with van der Waals surface area (Å²) in [5, 5.41) is 9.75. The highest BCUT2D eigenvalue weighted by Gasteiger charge is 2.23. The van der Waals surface area contributed by atoms with E-state index in [2.05, 4.69) is 352 Å². The van der Waals surface area contributed by atoms with Crippen molar-refractivity contribution in [2.75, 3.05) is 0 Å². The first-order valence-corrected chi connectivity index (χ1v) is 43.8. The van der Waals surface area contributed by atoms with E-state index in [-0.39, 0.29) is 0 Å². The van der Waals surface area contributed by atoms with Gasteiger partial charge in [-0.05, 0) is 168 Å². The third-order valence-corrected chi connectivity index (χ3v) is 25.0. The van der Waals surface area contributed by atoms with Crippen LogP contribution in [0.15, 0.2) is 467 Å². The number of benzene rings is 18. The summed E-state index contributed by atoms with van der Waals surface area (Å²) < 4.78 is 9.47. The van der Waals surface area contributed by atoms with Crippen LogP contribution in [0.4, 0.5) is 0 Å². The van der Waals surface area contributed by atoms with Gasteiger partial charge < -0.3 is 18.3 Å². The molecule has 0 spiro atoms. The topological polar surface area (TPSA) is 110 Å². The zero-order valence-corrected chi connectivity index (χ0v) is 70.4. The molecule has 0 bridgehead atoms. The minimum absolute atomic E-state index is 0.639. The molecule has 130 heavy (non-hydrogen) atoms. The van der Waals surface area contributed by atoms with Crippen molar-refractivity contribution >= 4 is 87.2 Å². The van der Waals surface area contributed by atoms with Crippen LogP contribution in [0.5, 0.6) is 0 Å². The van der Waals surface area contributed by atoms with E-state index in [0.717, 1.165) is 129 Å². The summed E-state index contributed by atoms with van der Waals surface area (Å²) >= 11 is 0. The maximum absolute atomic E-state index is 5.09. The van der Waals surface area contributed by atoms with Gasteiger partial charge in [-0.3, -0.25) is 0 Å². The van der Waals surface area contributed by atoms with Crippen molar-refractivity contribution in [3.8, 4) is 147 Å². The molecular weight excluding hydrogens is 1580 g/mol. The van der Waals surface area contributed by atoms with Gasteiger partial charge in [-0.25, -0.2) is 34.9 Å².